The fourth-order valence-corrected chi connectivity index (χ4v) is 2.48. The number of nitrogens with one attached hydrogen (secondary N) is 2. The van der Waals surface area contributed by atoms with Crippen molar-refractivity contribution < 1.29 is 14.3 Å². The number of urea groups is 1. The Morgan fingerprint density at radius 3 is 2.65 bits per heavy atom. The molecule has 3 N–H and O–H groups in total. The first-order valence-corrected chi connectivity index (χ1v) is 6.88. The molecule has 1 aliphatic rings. The smallest absolute Gasteiger partial charge is 0.315 e. The van der Waals surface area contributed by atoms with Crippen molar-refractivity contribution >= 4 is 6.03 Å². The molecule has 0 spiro atoms. The van der Waals surface area contributed by atoms with Gasteiger partial charge in [0, 0.05) is 11.6 Å². The monoisotopic (exact) mass is 278 g/mol. The van der Waals surface area contributed by atoms with E-state index in [1.807, 2.05) is 6.92 Å². The highest BCUT2D eigenvalue weighted by Crippen LogP contribution is 2.26. The second-order valence-electron chi connectivity index (χ2n) is 5.57. The Morgan fingerprint density at radius 1 is 1.45 bits per heavy atom. The molecule has 0 saturated carbocycles. The summed E-state index contributed by atoms with van der Waals surface area (Å²) in [5.74, 6) is 1.42. The summed E-state index contributed by atoms with van der Waals surface area (Å²) in [6.45, 7) is 5.45. The number of hydrogen-bond donors (Lipinski definition) is 3. The second-order valence-corrected chi connectivity index (χ2v) is 5.57. The van der Waals surface area contributed by atoms with Crippen LogP contribution in [0.15, 0.2) is 22.6 Å². The van der Waals surface area contributed by atoms with E-state index in [0.717, 1.165) is 18.6 Å². The molecule has 1 aliphatic carbocycles. The van der Waals surface area contributed by atoms with Crippen molar-refractivity contribution in [2.45, 2.75) is 45.3 Å². The summed E-state index contributed by atoms with van der Waals surface area (Å²) in [7, 11) is 0. The number of carbonyl (C=O) groups is 1. The zero-order chi connectivity index (χ0) is 14.8. The molecular formula is C15H22N2O3. The third-order valence-corrected chi connectivity index (χ3v) is 3.56. The molecule has 5 heteroatoms. The van der Waals surface area contributed by atoms with Crippen LogP contribution in [0.3, 0.4) is 0 Å². The minimum Gasteiger partial charge on any atom is -0.466 e. The summed E-state index contributed by atoms with van der Waals surface area (Å²) >= 11 is 0. The van der Waals surface area contributed by atoms with E-state index in [1.54, 1.807) is 19.9 Å². The van der Waals surface area contributed by atoms with Crippen molar-refractivity contribution in [1.29, 1.82) is 0 Å². The molecule has 110 valence electrons. The summed E-state index contributed by atoms with van der Waals surface area (Å²) in [6, 6.07) is 1.71. The van der Waals surface area contributed by atoms with Gasteiger partial charge in [-0.05, 0) is 39.7 Å². The van der Waals surface area contributed by atoms with E-state index in [2.05, 4.69) is 22.8 Å². The van der Waals surface area contributed by atoms with Crippen LogP contribution in [-0.2, 0) is 5.60 Å². The Morgan fingerprint density at radius 2 is 2.10 bits per heavy atom. The standard InChI is InChI=1S/C15H22N2O3/c1-10-8-13(11(2)20-10)15(3,19)9-16-14(18)17-12-6-4-5-7-12/h4-5,8,12,19H,6-7,9H2,1-3H3,(H2,16,17,18). The van der Waals surface area contributed by atoms with Gasteiger partial charge in [0.2, 0.25) is 0 Å². The van der Waals surface area contributed by atoms with Crippen molar-refractivity contribution in [2.24, 2.45) is 0 Å². The van der Waals surface area contributed by atoms with E-state index >= 15 is 0 Å². The highest BCUT2D eigenvalue weighted by molar-refractivity contribution is 5.74. The zero-order valence-corrected chi connectivity index (χ0v) is 12.2. The normalized spacial score (nSPS) is 18.0. The van der Waals surface area contributed by atoms with Crippen LogP contribution in [-0.4, -0.2) is 23.7 Å². The Kier molecular flexibility index (Phi) is 4.18. The molecule has 1 aromatic heterocycles. The summed E-state index contributed by atoms with van der Waals surface area (Å²) in [4.78, 5) is 11.8. The van der Waals surface area contributed by atoms with E-state index in [9.17, 15) is 9.90 Å². The van der Waals surface area contributed by atoms with E-state index in [1.165, 1.54) is 0 Å². The molecule has 5 nitrogen and oxygen atoms in total. The molecule has 0 aliphatic heterocycles. The molecule has 0 bridgehead atoms. The first-order chi connectivity index (χ1) is 9.38. The molecule has 1 atom stereocenters. The lowest BCUT2D eigenvalue weighted by atomic mass is 9.96. The lowest BCUT2D eigenvalue weighted by Gasteiger charge is -2.24. The lowest BCUT2D eigenvalue weighted by molar-refractivity contribution is 0.0578. The highest BCUT2D eigenvalue weighted by atomic mass is 16.3. The second kappa shape index (κ2) is 5.71. The van der Waals surface area contributed by atoms with Gasteiger partial charge in [0.05, 0.1) is 6.54 Å². The van der Waals surface area contributed by atoms with Crippen molar-refractivity contribution in [3.8, 4) is 0 Å². The molecule has 1 aromatic rings. The Labute approximate surface area is 119 Å². The average molecular weight is 278 g/mol. The van der Waals surface area contributed by atoms with E-state index in [4.69, 9.17) is 4.42 Å². The lowest BCUT2D eigenvalue weighted by Crippen LogP contribution is -2.46. The number of aryl methyl sites for hydroxylation is 2. The molecule has 0 aromatic carbocycles. The van der Waals surface area contributed by atoms with E-state index in [0.29, 0.717) is 11.3 Å². The van der Waals surface area contributed by atoms with E-state index < -0.39 is 5.60 Å². The maximum Gasteiger partial charge on any atom is 0.315 e. The van der Waals surface area contributed by atoms with Crippen molar-refractivity contribution in [3.63, 3.8) is 0 Å². The van der Waals surface area contributed by atoms with Crippen LogP contribution in [0.5, 0.6) is 0 Å². The van der Waals surface area contributed by atoms with Crippen LogP contribution in [0.25, 0.3) is 0 Å². The summed E-state index contributed by atoms with van der Waals surface area (Å²) in [5.41, 5.74) is -0.439. The fourth-order valence-electron chi connectivity index (χ4n) is 2.48. The van der Waals surface area contributed by atoms with Gasteiger partial charge in [-0.2, -0.15) is 0 Å². The van der Waals surface area contributed by atoms with Crippen LogP contribution >= 0.6 is 0 Å². The molecular weight excluding hydrogens is 256 g/mol. The van der Waals surface area contributed by atoms with Crippen LogP contribution in [0.4, 0.5) is 4.79 Å². The number of carbonyl (C=O) groups excluding carboxylic acids is 1. The molecule has 0 radical (unpaired) electrons. The van der Waals surface area contributed by atoms with Gasteiger partial charge in [-0.1, -0.05) is 12.2 Å². The van der Waals surface area contributed by atoms with Gasteiger partial charge in [0.25, 0.3) is 0 Å². The number of hydrogen-bond acceptors (Lipinski definition) is 3. The zero-order valence-electron chi connectivity index (χ0n) is 12.2. The SMILES string of the molecule is Cc1cc(C(C)(O)CNC(=O)NC2CC=CC2)c(C)o1. The van der Waals surface area contributed by atoms with E-state index in [-0.39, 0.29) is 18.6 Å². The van der Waals surface area contributed by atoms with Crippen LogP contribution in [0, 0.1) is 13.8 Å². The first kappa shape index (κ1) is 14.7. The maximum absolute atomic E-state index is 11.8. The molecule has 2 amide bonds. The minimum atomic E-state index is -1.15. The molecule has 1 heterocycles. The Hall–Kier alpha value is -1.75. The molecule has 0 saturated heterocycles. The molecule has 0 fully saturated rings. The summed E-state index contributed by atoms with van der Waals surface area (Å²) < 4.78 is 5.42. The molecule has 20 heavy (non-hydrogen) atoms. The number of aliphatic hydroxyl groups is 1. The van der Waals surface area contributed by atoms with Crippen molar-refractivity contribution in [2.75, 3.05) is 6.54 Å². The van der Waals surface area contributed by atoms with Crippen LogP contribution in [0.2, 0.25) is 0 Å². The maximum atomic E-state index is 11.8. The van der Waals surface area contributed by atoms with Crippen LogP contribution in [0.1, 0.15) is 36.8 Å². The van der Waals surface area contributed by atoms with Crippen molar-refractivity contribution in [3.05, 3.63) is 35.3 Å². The summed E-state index contributed by atoms with van der Waals surface area (Å²) in [5, 5.41) is 16.1. The van der Waals surface area contributed by atoms with Gasteiger partial charge in [0.1, 0.15) is 17.1 Å². The van der Waals surface area contributed by atoms with Gasteiger partial charge in [-0.25, -0.2) is 4.79 Å². The number of rotatable bonds is 4. The van der Waals surface area contributed by atoms with Gasteiger partial charge in [0.15, 0.2) is 0 Å². The van der Waals surface area contributed by atoms with Gasteiger partial charge < -0.3 is 20.2 Å². The van der Waals surface area contributed by atoms with Gasteiger partial charge in [-0.15, -0.1) is 0 Å². The largest absolute Gasteiger partial charge is 0.466 e. The topological polar surface area (TPSA) is 74.5 Å². The minimum absolute atomic E-state index is 0.138. The highest BCUT2D eigenvalue weighted by Gasteiger charge is 2.28. The predicted octanol–water partition coefficient (Wildman–Crippen LogP) is 2.12. The number of amides is 2. The summed E-state index contributed by atoms with van der Waals surface area (Å²) in [6.07, 6.45) is 5.84. The Bertz CT molecular complexity index is 509. The first-order valence-electron chi connectivity index (χ1n) is 6.88. The van der Waals surface area contributed by atoms with Gasteiger partial charge in [-0.3, -0.25) is 0 Å². The van der Waals surface area contributed by atoms with Crippen LogP contribution < -0.4 is 10.6 Å². The predicted molar refractivity (Wildman–Crippen MR) is 76.4 cm³/mol. The number of furan rings is 1. The quantitative estimate of drug-likeness (QED) is 0.739. The third kappa shape index (κ3) is 3.42. The average Bonchev–Trinajstić information content (AvgIpc) is 2.97. The molecule has 2 rings (SSSR count). The molecule has 1 unspecified atom stereocenters. The Balaban J connectivity index is 1.88. The fraction of sp³-hybridized carbons (Fsp3) is 0.533. The van der Waals surface area contributed by atoms with Crippen molar-refractivity contribution in [1.82, 2.24) is 10.6 Å². The third-order valence-electron chi connectivity index (χ3n) is 3.56. The van der Waals surface area contributed by atoms with Gasteiger partial charge >= 0.3 is 6.03 Å².